The third-order valence-corrected chi connectivity index (χ3v) is 5.82. The summed E-state index contributed by atoms with van der Waals surface area (Å²) >= 11 is 5.08. The molecular weight excluding hydrogens is 340 g/mol. The summed E-state index contributed by atoms with van der Waals surface area (Å²) < 4.78 is 0.995. The van der Waals surface area contributed by atoms with E-state index in [-0.39, 0.29) is 17.9 Å². The number of amides is 2. The van der Waals surface area contributed by atoms with Crippen LogP contribution in [0.2, 0.25) is 0 Å². The fourth-order valence-corrected chi connectivity index (χ4v) is 3.90. The van der Waals surface area contributed by atoms with Gasteiger partial charge in [-0.3, -0.25) is 9.59 Å². The lowest BCUT2D eigenvalue weighted by Crippen LogP contribution is -2.68. The quantitative estimate of drug-likeness (QED) is 0.899. The number of piperazine rings is 1. The molecule has 0 radical (unpaired) electrons. The van der Waals surface area contributed by atoms with E-state index in [0.29, 0.717) is 19.4 Å². The third kappa shape index (κ3) is 2.63. The average Bonchev–Trinajstić information content (AvgIpc) is 2.81. The summed E-state index contributed by atoms with van der Waals surface area (Å²) in [6.07, 6.45) is 1.22. The molecule has 1 aromatic heterocycles. The molecule has 6 heteroatoms. The first-order chi connectivity index (χ1) is 9.42. The summed E-state index contributed by atoms with van der Waals surface area (Å²) in [5.74, 6) is -0.0455. The summed E-state index contributed by atoms with van der Waals surface area (Å²) in [6, 6.07) is 1.59. The summed E-state index contributed by atoms with van der Waals surface area (Å²) in [5, 5.41) is 4.86. The minimum absolute atomic E-state index is 0.00625. The summed E-state index contributed by atoms with van der Waals surface area (Å²) in [5.41, 5.74) is -0.785. The van der Waals surface area contributed by atoms with Gasteiger partial charge in [0.2, 0.25) is 11.8 Å². The topological polar surface area (TPSA) is 49.4 Å². The van der Waals surface area contributed by atoms with E-state index in [1.807, 2.05) is 25.3 Å². The molecule has 1 aliphatic rings. The van der Waals surface area contributed by atoms with E-state index in [4.69, 9.17) is 0 Å². The normalized spacial score (nSPS) is 26.8. The Morgan fingerprint density at radius 1 is 1.45 bits per heavy atom. The number of hydrogen-bond donors (Lipinski definition) is 1. The first-order valence-corrected chi connectivity index (χ1v) is 8.45. The zero-order chi connectivity index (χ0) is 14.9. The Labute approximate surface area is 131 Å². The highest BCUT2D eigenvalue weighted by Crippen LogP contribution is 2.29. The number of rotatable bonds is 4. The van der Waals surface area contributed by atoms with Gasteiger partial charge in [-0.2, -0.15) is 0 Å². The van der Waals surface area contributed by atoms with Gasteiger partial charge in [0, 0.05) is 9.35 Å². The molecule has 1 fully saturated rings. The molecule has 0 spiro atoms. The van der Waals surface area contributed by atoms with Gasteiger partial charge in [0.15, 0.2) is 0 Å². The zero-order valence-electron chi connectivity index (χ0n) is 11.9. The van der Waals surface area contributed by atoms with Crippen molar-refractivity contribution in [3.63, 3.8) is 0 Å². The van der Waals surface area contributed by atoms with E-state index in [0.717, 1.165) is 9.35 Å². The Kier molecular flexibility index (Phi) is 4.54. The number of nitrogens with one attached hydrogen (secondary N) is 1. The van der Waals surface area contributed by atoms with E-state index in [1.54, 1.807) is 23.2 Å². The van der Waals surface area contributed by atoms with Crippen molar-refractivity contribution < 1.29 is 9.59 Å². The first kappa shape index (κ1) is 15.5. The molecule has 20 heavy (non-hydrogen) atoms. The highest BCUT2D eigenvalue weighted by molar-refractivity contribution is 9.10. The largest absolute Gasteiger partial charge is 0.340 e. The maximum atomic E-state index is 12.7. The van der Waals surface area contributed by atoms with Crippen molar-refractivity contribution in [3.05, 3.63) is 20.8 Å². The molecule has 0 bridgehead atoms. The second-order valence-corrected chi connectivity index (χ2v) is 7.08. The van der Waals surface area contributed by atoms with E-state index >= 15 is 0 Å². The van der Waals surface area contributed by atoms with Crippen molar-refractivity contribution in [2.75, 3.05) is 0 Å². The van der Waals surface area contributed by atoms with Gasteiger partial charge in [0.1, 0.15) is 11.6 Å². The average molecular weight is 359 g/mol. The molecule has 0 aliphatic carbocycles. The molecule has 2 rings (SSSR count). The fourth-order valence-electron chi connectivity index (χ4n) is 2.43. The van der Waals surface area contributed by atoms with Crippen LogP contribution in [0.5, 0.6) is 0 Å². The van der Waals surface area contributed by atoms with Crippen LogP contribution in [0.4, 0.5) is 0 Å². The van der Waals surface area contributed by atoms with Crippen LogP contribution in [0.15, 0.2) is 15.9 Å². The molecule has 1 saturated heterocycles. The van der Waals surface area contributed by atoms with Gasteiger partial charge < -0.3 is 10.2 Å². The molecule has 2 amide bonds. The predicted octanol–water partition coefficient (Wildman–Crippen LogP) is 2.92. The van der Waals surface area contributed by atoms with Gasteiger partial charge in [0.05, 0.1) is 6.54 Å². The standard InChI is InChI=1S/C14H19BrN2O2S/c1-4-10-12(18)16-14(3,5-2)13(19)17(10)8-11-9(15)6-7-20-11/h6-7,10H,4-5,8H2,1-3H3,(H,16,18). The van der Waals surface area contributed by atoms with Gasteiger partial charge in [-0.25, -0.2) is 0 Å². The van der Waals surface area contributed by atoms with E-state index in [9.17, 15) is 9.59 Å². The maximum Gasteiger partial charge on any atom is 0.249 e. The highest BCUT2D eigenvalue weighted by atomic mass is 79.9. The van der Waals surface area contributed by atoms with Crippen LogP contribution < -0.4 is 5.32 Å². The minimum Gasteiger partial charge on any atom is -0.340 e. The van der Waals surface area contributed by atoms with Gasteiger partial charge in [-0.05, 0) is 47.1 Å². The van der Waals surface area contributed by atoms with Crippen molar-refractivity contribution in [3.8, 4) is 0 Å². The first-order valence-electron chi connectivity index (χ1n) is 6.78. The van der Waals surface area contributed by atoms with Gasteiger partial charge in [0.25, 0.3) is 0 Å². The van der Waals surface area contributed by atoms with Crippen molar-refractivity contribution in [1.82, 2.24) is 10.2 Å². The van der Waals surface area contributed by atoms with Crippen LogP contribution in [0.25, 0.3) is 0 Å². The van der Waals surface area contributed by atoms with Crippen LogP contribution in [0.3, 0.4) is 0 Å². The second-order valence-electron chi connectivity index (χ2n) is 5.22. The van der Waals surface area contributed by atoms with Crippen LogP contribution in [0, 0.1) is 0 Å². The molecule has 1 aromatic rings. The Bertz CT molecular complexity index is 531. The monoisotopic (exact) mass is 358 g/mol. The van der Waals surface area contributed by atoms with Crippen molar-refractivity contribution in [2.24, 2.45) is 0 Å². The van der Waals surface area contributed by atoms with Gasteiger partial charge >= 0.3 is 0 Å². The molecule has 4 nitrogen and oxygen atoms in total. The molecule has 2 atom stereocenters. The molecule has 0 aromatic carbocycles. The van der Waals surface area contributed by atoms with E-state index in [2.05, 4.69) is 21.2 Å². The third-order valence-electron chi connectivity index (χ3n) is 3.91. The van der Waals surface area contributed by atoms with Crippen LogP contribution in [-0.4, -0.2) is 28.3 Å². The van der Waals surface area contributed by atoms with Crippen molar-refractivity contribution >= 4 is 39.1 Å². The number of halogens is 1. The molecule has 0 saturated carbocycles. The molecule has 1 N–H and O–H groups in total. The maximum absolute atomic E-state index is 12.7. The molecule has 2 heterocycles. The lowest BCUT2D eigenvalue weighted by atomic mass is 9.91. The Morgan fingerprint density at radius 2 is 2.15 bits per heavy atom. The zero-order valence-corrected chi connectivity index (χ0v) is 14.3. The Balaban J connectivity index is 2.32. The number of carbonyl (C=O) groups is 2. The lowest BCUT2D eigenvalue weighted by molar-refractivity contribution is -0.155. The van der Waals surface area contributed by atoms with Crippen molar-refractivity contribution in [1.29, 1.82) is 0 Å². The Hall–Kier alpha value is -0.880. The number of thiophene rings is 1. The van der Waals surface area contributed by atoms with Crippen LogP contribution in [0.1, 0.15) is 38.5 Å². The Morgan fingerprint density at radius 3 is 2.65 bits per heavy atom. The highest BCUT2D eigenvalue weighted by Gasteiger charge is 2.46. The smallest absolute Gasteiger partial charge is 0.249 e. The van der Waals surface area contributed by atoms with Crippen LogP contribution >= 0.6 is 27.3 Å². The number of carbonyl (C=O) groups excluding carboxylic acids is 2. The summed E-state index contributed by atoms with van der Waals surface area (Å²) in [4.78, 5) is 27.8. The predicted molar refractivity (Wildman–Crippen MR) is 83.5 cm³/mol. The summed E-state index contributed by atoms with van der Waals surface area (Å²) in [7, 11) is 0. The fraction of sp³-hybridized carbons (Fsp3) is 0.571. The van der Waals surface area contributed by atoms with Gasteiger partial charge in [-0.1, -0.05) is 13.8 Å². The van der Waals surface area contributed by atoms with Crippen molar-refractivity contribution in [2.45, 2.75) is 51.7 Å². The number of nitrogens with zero attached hydrogens (tertiary/aromatic N) is 1. The molecule has 2 unspecified atom stereocenters. The minimum atomic E-state index is -0.785. The van der Waals surface area contributed by atoms with Gasteiger partial charge in [-0.15, -0.1) is 11.3 Å². The second kappa shape index (κ2) is 5.85. The molecule has 110 valence electrons. The SMILES string of the molecule is CCC1C(=O)NC(C)(CC)C(=O)N1Cc1sccc1Br. The number of hydrogen-bond acceptors (Lipinski definition) is 3. The molecular formula is C14H19BrN2O2S. The summed E-state index contributed by atoms with van der Waals surface area (Å²) in [6.45, 7) is 6.14. The molecule has 1 aliphatic heterocycles. The lowest BCUT2D eigenvalue weighted by Gasteiger charge is -2.43. The van der Waals surface area contributed by atoms with E-state index < -0.39 is 5.54 Å². The van der Waals surface area contributed by atoms with Crippen LogP contribution in [-0.2, 0) is 16.1 Å². The van der Waals surface area contributed by atoms with E-state index in [1.165, 1.54) is 0 Å².